The third kappa shape index (κ3) is 5.12. The van der Waals surface area contributed by atoms with Crippen molar-refractivity contribution in [3.8, 4) is 11.5 Å². The van der Waals surface area contributed by atoms with Gasteiger partial charge in [0.05, 0.1) is 24.5 Å². The quantitative estimate of drug-likeness (QED) is 0.693. The van der Waals surface area contributed by atoms with Crippen LogP contribution in [0.15, 0.2) is 53.4 Å². The summed E-state index contributed by atoms with van der Waals surface area (Å²) in [5.74, 6) is 0.809. The summed E-state index contributed by atoms with van der Waals surface area (Å²) in [5.41, 5.74) is 0.878. The van der Waals surface area contributed by atoms with Gasteiger partial charge >= 0.3 is 0 Å². The number of rotatable bonds is 8. The van der Waals surface area contributed by atoms with Crippen LogP contribution in [0.3, 0.4) is 0 Å². The van der Waals surface area contributed by atoms with E-state index in [2.05, 4.69) is 5.32 Å². The van der Waals surface area contributed by atoms with E-state index in [-0.39, 0.29) is 23.3 Å². The summed E-state index contributed by atoms with van der Waals surface area (Å²) in [6.07, 6.45) is 1.30. The van der Waals surface area contributed by atoms with Gasteiger partial charge in [0.2, 0.25) is 15.9 Å². The molecule has 1 saturated heterocycles. The Morgan fingerprint density at radius 1 is 1.17 bits per heavy atom. The highest BCUT2D eigenvalue weighted by atomic mass is 32.2. The lowest BCUT2D eigenvalue weighted by atomic mass is 9.98. The molecule has 1 amide bonds. The van der Waals surface area contributed by atoms with Crippen molar-refractivity contribution in [1.82, 2.24) is 9.62 Å². The lowest BCUT2D eigenvalue weighted by molar-refractivity contribution is -0.126. The zero-order valence-electron chi connectivity index (χ0n) is 17.3. The molecular formula is C22H28N2O5S. The molecule has 1 fully saturated rings. The van der Waals surface area contributed by atoms with Gasteiger partial charge in [0.1, 0.15) is 11.5 Å². The fourth-order valence-electron chi connectivity index (χ4n) is 3.57. The van der Waals surface area contributed by atoms with E-state index < -0.39 is 10.0 Å². The molecule has 8 heteroatoms. The van der Waals surface area contributed by atoms with Crippen LogP contribution >= 0.6 is 0 Å². The number of carbonyl (C=O) groups excluding carboxylic acids is 1. The Hall–Kier alpha value is -2.58. The Morgan fingerprint density at radius 3 is 2.60 bits per heavy atom. The number of nitrogens with one attached hydrogen (secondary N) is 1. The van der Waals surface area contributed by atoms with Gasteiger partial charge in [-0.3, -0.25) is 4.79 Å². The van der Waals surface area contributed by atoms with E-state index in [0.717, 1.165) is 5.56 Å². The minimum Gasteiger partial charge on any atom is -0.496 e. The fraction of sp³-hybridized carbons (Fsp3) is 0.409. The van der Waals surface area contributed by atoms with E-state index in [9.17, 15) is 13.2 Å². The van der Waals surface area contributed by atoms with Crippen LogP contribution < -0.4 is 14.8 Å². The first-order valence-electron chi connectivity index (χ1n) is 10.1. The number of nitrogens with zero attached hydrogens (tertiary/aromatic N) is 1. The van der Waals surface area contributed by atoms with E-state index in [0.29, 0.717) is 44.0 Å². The lowest BCUT2D eigenvalue weighted by Gasteiger charge is -2.31. The van der Waals surface area contributed by atoms with Crippen molar-refractivity contribution < 1.29 is 22.7 Å². The van der Waals surface area contributed by atoms with Crippen LogP contribution in [0.5, 0.6) is 11.5 Å². The summed E-state index contributed by atoms with van der Waals surface area (Å²) in [6.45, 7) is 3.31. The summed E-state index contributed by atoms with van der Waals surface area (Å²) in [5, 5.41) is 2.92. The molecule has 1 heterocycles. The molecule has 1 aliphatic rings. The second-order valence-electron chi connectivity index (χ2n) is 7.14. The van der Waals surface area contributed by atoms with Crippen LogP contribution in [-0.4, -0.2) is 45.4 Å². The fourth-order valence-corrected chi connectivity index (χ4v) is 5.10. The number of benzene rings is 2. The molecule has 1 aliphatic heterocycles. The molecule has 0 radical (unpaired) electrons. The first kappa shape index (κ1) is 22.1. The van der Waals surface area contributed by atoms with Crippen molar-refractivity contribution in [2.45, 2.75) is 31.2 Å². The second kappa shape index (κ2) is 9.95. The third-order valence-electron chi connectivity index (χ3n) is 5.17. The van der Waals surface area contributed by atoms with Gasteiger partial charge in [0, 0.05) is 25.2 Å². The largest absolute Gasteiger partial charge is 0.496 e. The van der Waals surface area contributed by atoms with Gasteiger partial charge in [-0.2, -0.15) is 4.31 Å². The summed E-state index contributed by atoms with van der Waals surface area (Å²) < 4.78 is 38.1. The number of para-hydroxylation sites is 1. The van der Waals surface area contributed by atoms with Gasteiger partial charge in [-0.05, 0) is 50.1 Å². The van der Waals surface area contributed by atoms with Crippen molar-refractivity contribution in [3.05, 3.63) is 54.1 Å². The van der Waals surface area contributed by atoms with E-state index in [1.807, 2.05) is 31.2 Å². The molecule has 0 saturated carbocycles. The Morgan fingerprint density at radius 2 is 1.90 bits per heavy atom. The van der Waals surface area contributed by atoms with Crippen LogP contribution in [0.1, 0.15) is 25.3 Å². The first-order valence-corrected chi connectivity index (χ1v) is 11.5. The summed E-state index contributed by atoms with van der Waals surface area (Å²) >= 11 is 0. The van der Waals surface area contributed by atoms with Crippen LogP contribution in [-0.2, 0) is 21.4 Å². The molecule has 2 aromatic carbocycles. The van der Waals surface area contributed by atoms with Gasteiger partial charge in [-0.15, -0.1) is 0 Å². The number of amides is 1. The van der Waals surface area contributed by atoms with Crippen LogP contribution in [0.2, 0.25) is 0 Å². The van der Waals surface area contributed by atoms with E-state index in [4.69, 9.17) is 9.47 Å². The van der Waals surface area contributed by atoms with Crippen molar-refractivity contribution in [3.63, 3.8) is 0 Å². The molecule has 0 aromatic heterocycles. The molecular weight excluding hydrogens is 404 g/mol. The minimum atomic E-state index is -3.66. The molecule has 30 heavy (non-hydrogen) atoms. The van der Waals surface area contributed by atoms with Crippen molar-refractivity contribution in [1.29, 1.82) is 0 Å². The zero-order valence-corrected chi connectivity index (χ0v) is 18.2. The Kier molecular flexibility index (Phi) is 7.33. The van der Waals surface area contributed by atoms with E-state index in [1.165, 1.54) is 4.31 Å². The number of hydrogen-bond acceptors (Lipinski definition) is 5. The molecule has 7 nitrogen and oxygen atoms in total. The molecule has 2 aromatic rings. The molecule has 3 rings (SSSR count). The Balaban J connectivity index is 1.64. The van der Waals surface area contributed by atoms with Crippen LogP contribution in [0.4, 0.5) is 0 Å². The predicted molar refractivity (Wildman–Crippen MR) is 114 cm³/mol. The maximum Gasteiger partial charge on any atom is 0.243 e. The Labute approximate surface area is 178 Å². The molecule has 0 aliphatic carbocycles. The highest BCUT2D eigenvalue weighted by Crippen LogP contribution is 2.25. The van der Waals surface area contributed by atoms with Crippen molar-refractivity contribution in [2.75, 3.05) is 26.8 Å². The maximum absolute atomic E-state index is 13.0. The van der Waals surface area contributed by atoms with Crippen molar-refractivity contribution >= 4 is 15.9 Å². The highest BCUT2D eigenvalue weighted by molar-refractivity contribution is 7.89. The number of hydrogen-bond donors (Lipinski definition) is 1. The van der Waals surface area contributed by atoms with Gasteiger partial charge in [-0.25, -0.2) is 8.42 Å². The third-order valence-corrected chi connectivity index (χ3v) is 7.05. The molecule has 0 bridgehead atoms. The van der Waals surface area contributed by atoms with E-state index in [1.54, 1.807) is 31.4 Å². The average molecular weight is 433 g/mol. The summed E-state index contributed by atoms with van der Waals surface area (Å²) in [7, 11) is -2.07. The van der Waals surface area contributed by atoms with Crippen LogP contribution in [0, 0.1) is 5.92 Å². The first-order chi connectivity index (χ1) is 14.5. The second-order valence-corrected chi connectivity index (χ2v) is 9.07. The predicted octanol–water partition coefficient (Wildman–Crippen LogP) is 2.81. The summed E-state index contributed by atoms with van der Waals surface area (Å²) in [4.78, 5) is 12.9. The molecule has 1 N–H and O–H groups in total. The number of methoxy groups -OCH3 is 1. The minimum absolute atomic E-state index is 0.146. The summed E-state index contributed by atoms with van der Waals surface area (Å²) in [6, 6.07) is 13.9. The monoisotopic (exact) mass is 432 g/mol. The number of ether oxygens (including phenoxy) is 2. The van der Waals surface area contributed by atoms with Gasteiger partial charge in [0.25, 0.3) is 0 Å². The average Bonchev–Trinajstić information content (AvgIpc) is 2.78. The SMILES string of the molecule is CCOc1ccc(S(=O)(=O)N2CCC[C@H](C(=O)NCc3ccccc3OC)C2)cc1. The maximum atomic E-state index is 13.0. The Bertz CT molecular complexity index is 960. The molecule has 0 spiro atoms. The topological polar surface area (TPSA) is 84.9 Å². The smallest absolute Gasteiger partial charge is 0.243 e. The number of piperidine rings is 1. The van der Waals surface area contributed by atoms with Crippen molar-refractivity contribution in [2.24, 2.45) is 5.92 Å². The van der Waals surface area contributed by atoms with Gasteiger partial charge in [0.15, 0.2) is 0 Å². The standard InChI is InChI=1S/C22H28N2O5S/c1-3-29-19-10-12-20(13-11-19)30(26,27)24-14-6-8-18(16-24)22(25)23-15-17-7-4-5-9-21(17)28-2/h4-5,7,9-13,18H,3,6,8,14-16H2,1-2H3,(H,23,25)/t18-/m0/s1. The molecule has 162 valence electrons. The number of sulfonamides is 1. The van der Waals surface area contributed by atoms with Crippen LogP contribution in [0.25, 0.3) is 0 Å². The number of carbonyl (C=O) groups is 1. The normalized spacial score (nSPS) is 17.3. The molecule has 0 unspecified atom stereocenters. The highest BCUT2D eigenvalue weighted by Gasteiger charge is 2.33. The van der Waals surface area contributed by atoms with Gasteiger partial charge < -0.3 is 14.8 Å². The van der Waals surface area contributed by atoms with Gasteiger partial charge in [-0.1, -0.05) is 18.2 Å². The van der Waals surface area contributed by atoms with E-state index >= 15 is 0 Å². The molecule has 1 atom stereocenters. The lowest BCUT2D eigenvalue weighted by Crippen LogP contribution is -2.45. The zero-order chi connectivity index (χ0) is 21.6.